The van der Waals surface area contributed by atoms with E-state index < -0.39 is 0 Å². The Bertz CT molecular complexity index is 1690. The van der Waals surface area contributed by atoms with Crippen LogP contribution in [0.2, 0.25) is 0 Å². The molecule has 2 N–H and O–H groups in total. The summed E-state index contributed by atoms with van der Waals surface area (Å²) in [6.07, 6.45) is 6.01. The Morgan fingerprint density at radius 3 is 1.75 bits per heavy atom. The molecule has 0 aliphatic rings. The summed E-state index contributed by atoms with van der Waals surface area (Å²) >= 11 is 0. The molecule has 0 spiro atoms. The molecule has 5 aromatic carbocycles. The molecule has 0 atom stereocenters. The van der Waals surface area contributed by atoms with Gasteiger partial charge in [0.05, 0.1) is 0 Å². The average molecular weight is 578 g/mol. The van der Waals surface area contributed by atoms with Gasteiger partial charge in [-0.2, -0.15) is 0 Å². The third-order valence-electron chi connectivity index (χ3n) is 7.30. The van der Waals surface area contributed by atoms with Crippen molar-refractivity contribution in [3.05, 3.63) is 169 Å². The minimum Gasteiger partial charge on any atom is -0.457 e. The van der Waals surface area contributed by atoms with Crippen molar-refractivity contribution >= 4 is 16.3 Å². The molecular formula is C39H35N3O2. The first kappa shape index (κ1) is 28.9. The molecule has 0 radical (unpaired) electrons. The SMILES string of the molecule is C(CNCCNCc1cccc2cnccc12)=C(c1ccc(Oc2ccccc2)cc1)c1ccc(Oc2ccccc2)cc1. The zero-order valence-corrected chi connectivity index (χ0v) is 24.5. The topological polar surface area (TPSA) is 55.4 Å². The Balaban J connectivity index is 1.10. The van der Waals surface area contributed by atoms with E-state index in [1.807, 2.05) is 97.3 Å². The Morgan fingerprint density at radius 2 is 1.14 bits per heavy atom. The third-order valence-corrected chi connectivity index (χ3v) is 7.30. The minimum atomic E-state index is 0.738. The van der Waals surface area contributed by atoms with Crippen LogP contribution in [0.25, 0.3) is 16.3 Å². The molecule has 0 aliphatic heterocycles. The highest BCUT2D eigenvalue weighted by Crippen LogP contribution is 2.29. The second-order valence-electron chi connectivity index (χ2n) is 10.4. The molecule has 0 amide bonds. The fourth-order valence-electron chi connectivity index (χ4n) is 5.08. The lowest BCUT2D eigenvalue weighted by molar-refractivity contribution is 0.482. The monoisotopic (exact) mass is 577 g/mol. The van der Waals surface area contributed by atoms with Gasteiger partial charge in [-0.1, -0.05) is 84.9 Å². The van der Waals surface area contributed by atoms with Crippen molar-refractivity contribution in [1.29, 1.82) is 0 Å². The van der Waals surface area contributed by atoms with E-state index in [1.165, 1.54) is 16.3 Å². The zero-order valence-electron chi connectivity index (χ0n) is 24.5. The molecule has 0 aliphatic carbocycles. The summed E-state index contributed by atoms with van der Waals surface area (Å²) in [5, 5.41) is 9.55. The van der Waals surface area contributed by atoms with Crippen LogP contribution in [0.15, 0.2) is 152 Å². The van der Waals surface area contributed by atoms with Gasteiger partial charge in [0.2, 0.25) is 0 Å². The van der Waals surface area contributed by atoms with E-state index in [-0.39, 0.29) is 0 Å². The number of nitrogens with zero attached hydrogens (tertiary/aromatic N) is 1. The van der Waals surface area contributed by atoms with Gasteiger partial charge in [0, 0.05) is 44.0 Å². The van der Waals surface area contributed by atoms with E-state index in [2.05, 4.69) is 70.2 Å². The normalized spacial score (nSPS) is 10.8. The predicted molar refractivity (Wildman–Crippen MR) is 179 cm³/mol. The van der Waals surface area contributed by atoms with E-state index in [0.29, 0.717) is 0 Å². The van der Waals surface area contributed by atoms with Gasteiger partial charge in [0.25, 0.3) is 0 Å². The highest BCUT2D eigenvalue weighted by atomic mass is 16.5. The van der Waals surface area contributed by atoms with Crippen LogP contribution >= 0.6 is 0 Å². The molecule has 1 aromatic heterocycles. The Hall–Kier alpha value is -5.23. The van der Waals surface area contributed by atoms with Crippen LogP contribution in [0.5, 0.6) is 23.0 Å². The van der Waals surface area contributed by atoms with Crippen molar-refractivity contribution in [1.82, 2.24) is 15.6 Å². The maximum atomic E-state index is 6.02. The summed E-state index contributed by atoms with van der Waals surface area (Å²) in [5.41, 5.74) is 4.67. The fourth-order valence-corrected chi connectivity index (χ4v) is 5.08. The molecule has 0 bridgehead atoms. The summed E-state index contributed by atoms with van der Waals surface area (Å²) in [5.74, 6) is 3.25. The molecule has 1 heterocycles. The molecule has 0 saturated carbocycles. The highest BCUT2D eigenvalue weighted by molar-refractivity contribution is 5.84. The number of ether oxygens (including phenoxy) is 2. The molecule has 0 unspecified atom stereocenters. The van der Waals surface area contributed by atoms with Gasteiger partial charge in [0.15, 0.2) is 0 Å². The van der Waals surface area contributed by atoms with Gasteiger partial charge in [-0.05, 0) is 82.2 Å². The Labute approximate surface area is 258 Å². The summed E-state index contributed by atoms with van der Waals surface area (Å²) in [4.78, 5) is 4.24. The Kier molecular flexibility index (Phi) is 9.70. The third kappa shape index (κ3) is 7.78. The van der Waals surface area contributed by atoms with Crippen molar-refractivity contribution in [3.8, 4) is 23.0 Å². The van der Waals surface area contributed by atoms with E-state index >= 15 is 0 Å². The number of fused-ring (bicyclic) bond motifs is 1. The first-order valence-electron chi connectivity index (χ1n) is 14.9. The molecule has 0 saturated heterocycles. The van der Waals surface area contributed by atoms with Gasteiger partial charge in [0.1, 0.15) is 23.0 Å². The van der Waals surface area contributed by atoms with E-state index in [1.54, 1.807) is 0 Å². The van der Waals surface area contributed by atoms with E-state index in [9.17, 15) is 0 Å². The highest BCUT2D eigenvalue weighted by Gasteiger charge is 2.08. The van der Waals surface area contributed by atoms with E-state index in [4.69, 9.17) is 9.47 Å². The number of hydrogen-bond acceptors (Lipinski definition) is 5. The van der Waals surface area contributed by atoms with Crippen LogP contribution in [0.1, 0.15) is 16.7 Å². The molecule has 0 fully saturated rings. The number of rotatable bonds is 13. The van der Waals surface area contributed by atoms with Gasteiger partial charge < -0.3 is 20.1 Å². The van der Waals surface area contributed by atoms with Crippen molar-refractivity contribution in [2.24, 2.45) is 0 Å². The lowest BCUT2D eigenvalue weighted by atomic mass is 9.97. The number of aromatic nitrogens is 1. The smallest absolute Gasteiger partial charge is 0.127 e. The van der Waals surface area contributed by atoms with Crippen LogP contribution in [0.4, 0.5) is 0 Å². The second-order valence-corrected chi connectivity index (χ2v) is 10.4. The largest absolute Gasteiger partial charge is 0.457 e. The number of para-hydroxylation sites is 2. The van der Waals surface area contributed by atoms with Crippen molar-refractivity contribution < 1.29 is 9.47 Å². The molecular weight excluding hydrogens is 542 g/mol. The lowest BCUT2D eigenvalue weighted by Crippen LogP contribution is -2.27. The van der Waals surface area contributed by atoms with Gasteiger partial charge in [-0.15, -0.1) is 0 Å². The molecule has 5 nitrogen and oxygen atoms in total. The maximum Gasteiger partial charge on any atom is 0.127 e. The summed E-state index contributed by atoms with van der Waals surface area (Å²) < 4.78 is 12.0. The van der Waals surface area contributed by atoms with Crippen LogP contribution in [0.3, 0.4) is 0 Å². The van der Waals surface area contributed by atoms with Gasteiger partial charge in [-0.3, -0.25) is 4.98 Å². The van der Waals surface area contributed by atoms with Crippen LogP contribution in [-0.2, 0) is 6.54 Å². The standard InChI is InChI=1S/C39H35N3O2/c1-3-10-34(11-4-1)43-36-18-14-30(15-19-36)38(31-16-20-37(21-17-31)44-35-12-5-2-6-13-35)22-24-40-26-27-42-29-33-9-7-8-32-28-41-25-23-39(32)33/h1-23,25,28,40,42H,24,26-27,29H2. The fraction of sp³-hybridized carbons (Fsp3) is 0.103. The summed E-state index contributed by atoms with van der Waals surface area (Å²) in [6, 6.07) is 44.6. The van der Waals surface area contributed by atoms with Crippen LogP contribution in [0, 0.1) is 0 Å². The van der Waals surface area contributed by atoms with Gasteiger partial charge in [-0.25, -0.2) is 0 Å². The van der Waals surface area contributed by atoms with Crippen molar-refractivity contribution in [3.63, 3.8) is 0 Å². The molecule has 5 heteroatoms. The summed E-state index contributed by atoms with van der Waals surface area (Å²) in [7, 11) is 0. The summed E-state index contributed by atoms with van der Waals surface area (Å²) in [6.45, 7) is 3.27. The Morgan fingerprint density at radius 1 is 0.568 bits per heavy atom. The number of pyridine rings is 1. The lowest BCUT2D eigenvalue weighted by Gasteiger charge is -2.13. The first-order chi connectivity index (χ1) is 21.8. The number of benzene rings is 5. The second kappa shape index (κ2) is 14.8. The molecule has 6 rings (SSSR count). The average Bonchev–Trinajstić information content (AvgIpc) is 3.08. The molecule has 6 aromatic rings. The number of nitrogens with one attached hydrogen (secondary N) is 2. The number of hydrogen-bond donors (Lipinski definition) is 2. The van der Waals surface area contributed by atoms with Crippen molar-refractivity contribution in [2.75, 3.05) is 19.6 Å². The zero-order chi connectivity index (χ0) is 29.8. The molecule has 218 valence electrons. The quantitative estimate of drug-likeness (QED) is 0.135. The maximum absolute atomic E-state index is 6.02. The minimum absolute atomic E-state index is 0.738. The first-order valence-corrected chi connectivity index (χ1v) is 14.9. The predicted octanol–water partition coefficient (Wildman–Crippen LogP) is 8.63. The van der Waals surface area contributed by atoms with E-state index in [0.717, 1.165) is 65.9 Å². The molecule has 44 heavy (non-hydrogen) atoms. The van der Waals surface area contributed by atoms with Crippen LogP contribution < -0.4 is 20.1 Å². The van der Waals surface area contributed by atoms with Crippen LogP contribution in [-0.4, -0.2) is 24.6 Å². The van der Waals surface area contributed by atoms with Crippen molar-refractivity contribution in [2.45, 2.75) is 6.54 Å². The van der Waals surface area contributed by atoms with Gasteiger partial charge >= 0.3 is 0 Å².